The molecule has 1 rings (SSSR count). The fourth-order valence-corrected chi connectivity index (χ4v) is 1.27. The Morgan fingerprint density at radius 3 is 2.77 bits per heavy atom. The van der Waals surface area contributed by atoms with Gasteiger partial charge in [-0.1, -0.05) is 28.1 Å². The van der Waals surface area contributed by atoms with E-state index < -0.39 is 5.97 Å². The topological polar surface area (TPSA) is 37.3 Å². The highest BCUT2D eigenvalue weighted by Crippen LogP contribution is 2.12. The molecule has 0 spiro atoms. The Hall–Kier alpha value is -1.09. The van der Waals surface area contributed by atoms with Crippen molar-refractivity contribution in [2.45, 2.75) is 0 Å². The van der Waals surface area contributed by atoms with E-state index in [9.17, 15) is 4.79 Å². The molecule has 67 valence electrons. The van der Waals surface area contributed by atoms with Crippen molar-refractivity contribution in [2.75, 3.05) is 0 Å². The molecule has 3 heteroatoms. The number of carbonyl (C=O) groups is 1. The van der Waals surface area contributed by atoms with Crippen LogP contribution in [0.25, 0.3) is 6.08 Å². The minimum Gasteiger partial charge on any atom is -0.478 e. The lowest BCUT2D eigenvalue weighted by Crippen LogP contribution is -1.99. The van der Waals surface area contributed by atoms with Crippen molar-refractivity contribution < 1.29 is 9.90 Å². The van der Waals surface area contributed by atoms with Gasteiger partial charge in [0.05, 0.1) is 5.56 Å². The largest absolute Gasteiger partial charge is 0.478 e. The molecular formula is C10H8BrO2. The van der Waals surface area contributed by atoms with Gasteiger partial charge in [-0.15, -0.1) is 0 Å². The van der Waals surface area contributed by atoms with E-state index in [1.54, 1.807) is 23.2 Å². The first kappa shape index (κ1) is 9.99. The first-order valence-electron chi connectivity index (χ1n) is 3.61. The smallest absolute Gasteiger partial charge is 0.335 e. The second kappa shape index (κ2) is 4.23. The van der Waals surface area contributed by atoms with Crippen molar-refractivity contribution in [2.24, 2.45) is 0 Å². The number of rotatable bonds is 2. The Morgan fingerprint density at radius 1 is 1.54 bits per heavy atom. The van der Waals surface area contributed by atoms with Crippen LogP contribution in [-0.4, -0.2) is 11.1 Å². The molecule has 0 heterocycles. The van der Waals surface area contributed by atoms with Crippen LogP contribution in [0.4, 0.5) is 0 Å². The molecule has 13 heavy (non-hydrogen) atoms. The van der Waals surface area contributed by atoms with E-state index in [1.165, 1.54) is 0 Å². The Labute approximate surface area is 85.0 Å². The molecule has 2 nitrogen and oxygen atoms in total. The normalized spacial score (nSPS) is 10.6. The number of halogens is 1. The number of carboxylic acids is 1. The predicted molar refractivity (Wildman–Crippen MR) is 55.8 cm³/mol. The van der Waals surface area contributed by atoms with Crippen LogP contribution in [0, 0.1) is 6.92 Å². The molecule has 0 aromatic heterocycles. The molecule has 1 aromatic carbocycles. The molecule has 0 aliphatic rings. The fraction of sp³-hybridized carbons (Fsp3) is 0. The highest BCUT2D eigenvalue weighted by molar-refractivity contribution is 9.11. The third kappa shape index (κ3) is 2.42. The van der Waals surface area contributed by atoms with Gasteiger partial charge in [0.1, 0.15) is 0 Å². The van der Waals surface area contributed by atoms with Crippen molar-refractivity contribution in [1.29, 1.82) is 0 Å². The molecule has 0 saturated carbocycles. The summed E-state index contributed by atoms with van der Waals surface area (Å²) in [6.07, 6.45) is 1.77. The van der Waals surface area contributed by atoms with E-state index in [4.69, 9.17) is 5.11 Å². The van der Waals surface area contributed by atoms with Crippen molar-refractivity contribution in [3.8, 4) is 0 Å². The number of aromatic carboxylic acids is 1. The Bertz CT molecular complexity index is 356. The SMILES string of the molecule is [CH2]c1ccc(C=CBr)cc1C(=O)O. The maximum absolute atomic E-state index is 10.7. The van der Waals surface area contributed by atoms with Crippen LogP contribution in [-0.2, 0) is 0 Å². The van der Waals surface area contributed by atoms with Gasteiger partial charge >= 0.3 is 5.97 Å². The van der Waals surface area contributed by atoms with Crippen LogP contribution in [0.5, 0.6) is 0 Å². The number of hydrogen-bond acceptors (Lipinski definition) is 1. The first-order valence-corrected chi connectivity index (χ1v) is 4.53. The summed E-state index contributed by atoms with van der Waals surface area (Å²) in [4.78, 5) is 12.4. The van der Waals surface area contributed by atoms with E-state index >= 15 is 0 Å². The molecule has 0 unspecified atom stereocenters. The summed E-state index contributed by atoms with van der Waals surface area (Å²) in [5, 5.41) is 8.78. The van der Waals surface area contributed by atoms with Crippen LogP contribution in [0.15, 0.2) is 23.2 Å². The molecule has 0 amide bonds. The predicted octanol–water partition coefficient (Wildman–Crippen LogP) is 2.93. The highest BCUT2D eigenvalue weighted by atomic mass is 79.9. The summed E-state index contributed by atoms with van der Waals surface area (Å²) in [7, 11) is 0. The van der Waals surface area contributed by atoms with Crippen molar-refractivity contribution >= 4 is 28.0 Å². The quantitative estimate of drug-likeness (QED) is 0.862. The fourth-order valence-electron chi connectivity index (χ4n) is 0.970. The second-order valence-electron chi connectivity index (χ2n) is 2.51. The van der Waals surface area contributed by atoms with Gasteiger partial charge in [-0.2, -0.15) is 0 Å². The zero-order valence-corrected chi connectivity index (χ0v) is 8.41. The molecular weight excluding hydrogens is 232 g/mol. The standard InChI is InChI=1S/C10H8BrO2/c1-7-2-3-8(4-5-11)6-9(7)10(12)13/h2-6H,1H2,(H,12,13). The van der Waals surface area contributed by atoms with Gasteiger partial charge in [0.25, 0.3) is 0 Å². The van der Waals surface area contributed by atoms with Crippen molar-refractivity contribution in [3.63, 3.8) is 0 Å². The van der Waals surface area contributed by atoms with Gasteiger partial charge < -0.3 is 5.11 Å². The Morgan fingerprint density at radius 2 is 2.23 bits per heavy atom. The van der Waals surface area contributed by atoms with Gasteiger partial charge in [0.15, 0.2) is 0 Å². The maximum Gasteiger partial charge on any atom is 0.335 e. The molecule has 1 N–H and O–H groups in total. The number of hydrogen-bond donors (Lipinski definition) is 1. The van der Waals surface area contributed by atoms with Crippen LogP contribution in [0.3, 0.4) is 0 Å². The van der Waals surface area contributed by atoms with Crippen molar-refractivity contribution in [1.82, 2.24) is 0 Å². The summed E-state index contributed by atoms with van der Waals surface area (Å²) < 4.78 is 0. The van der Waals surface area contributed by atoms with Crippen molar-refractivity contribution in [3.05, 3.63) is 46.8 Å². The number of carboxylic acid groups (broad SMARTS) is 1. The average molecular weight is 240 g/mol. The molecule has 1 radical (unpaired) electrons. The van der Waals surface area contributed by atoms with Crippen LogP contribution < -0.4 is 0 Å². The summed E-state index contributed by atoms with van der Waals surface area (Å²) in [5.74, 6) is -0.949. The van der Waals surface area contributed by atoms with E-state index in [0.717, 1.165) is 5.56 Å². The third-order valence-electron chi connectivity index (χ3n) is 1.62. The van der Waals surface area contributed by atoms with Gasteiger partial charge in [-0.05, 0) is 35.2 Å². The van der Waals surface area contributed by atoms with E-state index in [-0.39, 0.29) is 5.56 Å². The molecule has 0 aliphatic heterocycles. The highest BCUT2D eigenvalue weighted by Gasteiger charge is 2.06. The first-order chi connectivity index (χ1) is 6.15. The summed E-state index contributed by atoms with van der Waals surface area (Å²) in [5.41, 5.74) is 1.60. The number of benzene rings is 1. The summed E-state index contributed by atoms with van der Waals surface area (Å²) >= 11 is 3.12. The van der Waals surface area contributed by atoms with Gasteiger partial charge in [0.2, 0.25) is 0 Å². The van der Waals surface area contributed by atoms with Crippen LogP contribution >= 0.6 is 15.9 Å². The molecule has 0 bridgehead atoms. The van der Waals surface area contributed by atoms with Gasteiger partial charge in [0, 0.05) is 0 Å². The summed E-state index contributed by atoms with van der Waals surface area (Å²) in [6.45, 7) is 3.63. The Balaban J connectivity index is 3.18. The lowest BCUT2D eigenvalue weighted by molar-refractivity contribution is 0.0696. The van der Waals surface area contributed by atoms with Gasteiger partial charge in [-0.25, -0.2) is 4.79 Å². The van der Waals surface area contributed by atoms with E-state index in [0.29, 0.717) is 5.56 Å². The van der Waals surface area contributed by atoms with Gasteiger partial charge in [-0.3, -0.25) is 0 Å². The lowest BCUT2D eigenvalue weighted by atomic mass is 10.1. The molecule has 0 aliphatic carbocycles. The summed E-state index contributed by atoms with van der Waals surface area (Å²) in [6, 6.07) is 5.08. The Kier molecular flexibility index (Phi) is 3.25. The average Bonchev–Trinajstić information content (AvgIpc) is 2.08. The monoisotopic (exact) mass is 239 g/mol. The van der Waals surface area contributed by atoms with Crippen LogP contribution in [0.1, 0.15) is 21.5 Å². The lowest BCUT2D eigenvalue weighted by Gasteiger charge is -2.00. The third-order valence-corrected chi connectivity index (χ3v) is 1.88. The zero-order valence-electron chi connectivity index (χ0n) is 6.83. The second-order valence-corrected chi connectivity index (χ2v) is 3.04. The molecule has 0 fully saturated rings. The minimum absolute atomic E-state index is 0.239. The maximum atomic E-state index is 10.7. The van der Waals surface area contributed by atoms with Crippen LogP contribution in [0.2, 0.25) is 0 Å². The zero-order chi connectivity index (χ0) is 9.84. The molecule has 0 saturated heterocycles. The molecule has 1 aromatic rings. The van der Waals surface area contributed by atoms with E-state index in [1.807, 2.05) is 6.07 Å². The van der Waals surface area contributed by atoms with E-state index in [2.05, 4.69) is 22.9 Å². The molecule has 0 atom stereocenters. The minimum atomic E-state index is -0.949.